The Morgan fingerprint density at radius 3 is 2.69 bits per heavy atom. The van der Waals surface area contributed by atoms with Crippen molar-refractivity contribution in [3.8, 4) is 5.75 Å². The predicted molar refractivity (Wildman–Crippen MR) is 173 cm³/mol. The number of aliphatic imine (C=N–C) groups is 2. The minimum Gasteiger partial charge on any atom is -0.507 e. The third-order valence-electron chi connectivity index (χ3n) is 7.37. The second-order valence-corrected chi connectivity index (χ2v) is 13.5. The van der Waals surface area contributed by atoms with Gasteiger partial charge in [0.15, 0.2) is 6.10 Å². The lowest BCUT2D eigenvalue weighted by Crippen LogP contribution is -2.50. The van der Waals surface area contributed by atoms with Crippen LogP contribution in [-0.4, -0.2) is 92.4 Å². The molecule has 3 N–H and O–H groups in total. The molecule has 13 nitrogen and oxygen atoms in total. The molecule has 3 aliphatic heterocycles. The summed E-state index contributed by atoms with van der Waals surface area (Å²) in [6.45, 7) is 1.26. The fourth-order valence-electron chi connectivity index (χ4n) is 4.88. The number of rotatable bonds is 7. The van der Waals surface area contributed by atoms with E-state index < -0.39 is 28.4 Å². The summed E-state index contributed by atoms with van der Waals surface area (Å²) < 4.78 is 23.8. The summed E-state index contributed by atoms with van der Waals surface area (Å²) in [4.78, 5) is 49.8. The van der Waals surface area contributed by atoms with Gasteiger partial charge in [-0.15, -0.1) is 4.40 Å². The average Bonchev–Trinajstić information content (AvgIpc) is 3.80. The topological polar surface area (TPSA) is 175 Å². The smallest absolute Gasteiger partial charge is 0.410 e. The lowest BCUT2D eigenvalue weighted by molar-refractivity contribution is -0.126. The number of piperidine rings is 1. The standard InChI is InChI=1S/C30H30BrN7O6S/c31-24-18-21(6-7-26(24)39)19-27(28(40)33-14-13-32-11-3-12-34-45(43)20-35-45)44-30(42)37-15-9-23(10-16-37)38-17-8-22-4-1-2-5-25(22)36-29(38)41/h1-2,4-7,11,18,23,27,39,45H,8-10,15-17,19-20H2,(H,35,43)(H,36,41)/t27-/m1/s1. The molecule has 0 radical (unpaired) electrons. The Morgan fingerprint density at radius 1 is 1.16 bits per heavy atom. The first kappa shape index (κ1) is 31.8. The number of likely N-dealkylation sites (tertiary alicyclic amines) is 1. The molecule has 0 spiro atoms. The molecule has 1 atom stereocenters. The third-order valence-corrected chi connectivity index (χ3v) is 9.29. The molecule has 0 aromatic heterocycles. The van der Waals surface area contributed by atoms with Crippen LogP contribution in [-0.2, 0) is 32.7 Å². The number of benzene rings is 2. The van der Waals surface area contributed by atoms with E-state index in [9.17, 15) is 23.7 Å². The fourth-order valence-corrected chi connectivity index (χ4v) is 6.15. The molecule has 5 rings (SSSR count). The molecule has 45 heavy (non-hydrogen) atoms. The van der Waals surface area contributed by atoms with Crippen LogP contribution in [0.15, 0.2) is 73.3 Å². The molecule has 2 aromatic rings. The number of anilines is 1. The van der Waals surface area contributed by atoms with Crippen LogP contribution in [0.25, 0.3) is 0 Å². The van der Waals surface area contributed by atoms with Gasteiger partial charge in [0.25, 0.3) is 5.91 Å². The molecule has 2 saturated heterocycles. The van der Waals surface area contributed by atoms with Gasteiger partial charge in [-0.2, -0.15) is 9.98 Å². The van der Waals surface area contributed by atoms with Crippen molar-refractivity contribution >= 4 is 67.6 Å². The van der Waals surface area contributed by atoms with Crippen molar-refractivity contribution in [2.45, 2.75) is 37.8 Å². The van der Waals surface area contributed by atoms with E-state index in [1.807, 2.05) is 29.2 Å². The Labute approximate surface area is 268 Å². The molecular formula is C30H30BrN7O6S. The summed E-state index contributed by atoms with van der Waals surface area (Å²) in [5, 5.41) is 12.8. The SMILES string of the molecule is O=C(N=C=C=NC=C=C=N[SH]1(=O)CN1)[C@@H](Cc1ccc(O)c(Br)c1)OC(=O)N1CCC(N2CCc3ccccc3NC2=O)CC1. The van der Waals surface area contributed by atoms with Crippen LogP contribution in [0.5, 0.6) is 5.75 Å². The van der Waals surface area contributed by atoms with Gasteiger partial charge in [0.1, 0.15) is 5.75 Å². The highest BCUT2D eigenvalue weighted by atomic mass is 79.9. The quantitative estimate of drug-likeness (QED) is 0.150. The number of fused-ring (bicyclic) bond motifs is 1. The summed E-state index contributed by atoms with van der Waals surface area (Å²) in [5.74, 6) is 6.49. The van der Waals surface area contributed by atoms with Gasteiger partial charge in [-0.1, -0.05) is 24.3 Å². The summed E-state index contributed by atoms with van der Waals surface area (Å²) >= 11 is 3.25. The van der Waals surface area contributed by atoms with Crippen molar-refractivity contribution in [3.05, 3.63) is 70.0 Å². The molecule has 0 unspecified atom stereocenters. The first-order valence-corrected chi connectivity index (χ1v) is 16.8. The number of phenolic OH excluding ortho intramolecular Hbond substituents is 1. The van der Waals surface area contributed by atoms with Gasteiger partial charge in [0.05, 0.1) is 34.2 Å². The minimum atomic E-state index is -2.62. The molecule has 0 aliphatic carbocycles. The number of ether oxygens (including phenoxy) is 1. The molecule has 0 bridgehead atoms. The van der Waals surface area contributed by atoms with E-state index in [1.165, 1.54) is 11.0 Å². The van der Waals surface area contributed by atoms with E-state index in [4.69, 9.17) is 4.74 Å². The number of hydrogen-bond acceptors (Lipinski definition) is 7. The normalized spacial score (nSPS) is 18.1. The number of aromatic hydroxyl groups is 1. The number of amides is 4. The van der Waals surface area contributed by atoms with Crippen molar-refractivity contribution in [1.82, 2.24) is 14.5 Å². The Bertz CT molecular complexity index is 1740. The number of nitrogens with one attached hydrogen (secondary N) is 2. The van der Waals surface area contributed by atoms with Crippen LogP contribution in [0.2, 0.25) is 0 Å². The van der Waals surface area contributed by atoms with Gasteiger partial charge in [-0.25, -0.2) is 18.5 Å². The molecule has 3 aliphatic rings. The van der Waals surface area contributed by atoms with Gasteiger partial charge < -0.3 is 25.0 Å². The Balaban J connectivity index is 1.22. The van der Waals surface area contributed by atoms with Crippen molar-refractivity contribution in [3.63, 3.8) is 0 Å². The number of phenols is 1. The van der Waals surface area contributed by atoms with E-state index in [2.05, 4.69) is 63.7 Å². The largest absolute Gasteiger partial charge is 0.507 e. The van der Waals surface area contributed by atoms with E-state index in [0.29, 0.717) is 48.4 Å². The lowest BCUT2D eigenvalue weighted by atomic mass is 10.0. The minimum absolute atomic E-state index is 0.00997. The maximum Gasteiger partial charge on any atom is 0.410 e. The Hall–Kier alpha value is -4.57. The van der Waals surface area contributed by atoms with Crippen LogP contribution in [0, 0.1) is 0 Å². The maximum absolute atomic E-state index is 13.2. The number of thiol groups is 1. The van der Waals surface area contributed by atoms with Crippen molar-refractivity contribution in [2.24, 2.45) is 14.4 Å². The number of nitrogens with zero attached hydrogens (tertiary/aromatic N) is 5. The molecule has 15 heteroatoms. The molecule has 3 heterocycles. The van der Waals surface area contributed by atoms with Gasteiger partial charge in [0, 0.05) is 48.1 Å². The molecular weight excluding hydrogens is 666 g/mol. The first-order chi connectivity index (χ1) is 21.7. The highest BCUT2D eigenvalue weighted by molar-refractivity contribution is 9.10. The zero-order chi connectivity index (χ0) is 31.8. The number of urea groups is 1. The third kappa shape index (κ3) is 8.76. The number of para-hydroxylation sites is 1. The predicted octanol–water partition coefficient (Wildman–Crippen LogP) is 2.93. The summed E-state index contributed by atoms with van der Waals surface area (Å²) in [6.07, 6.45) is 1.000. The first-order valence-electron chi connectivity index (χ1n) is 14.1. The average molecular weight is 697 g/mol. The van der Waals surface area contributed by atoms with Crippen LogP contribution in [0.4, 0.5) is 15.3 Å². The Kier molecular flexibility index (Phi) is 10.2. The van der Waals surface area contributed by atoms with Gasteiger partial charge in [0.2, 0.25) is 0 Å². The van der Waals surface area contributed by atoms with Crippen molar-refractivity contribution in [1.29, 1.82) is 0 Å². The van der Waals surface area contributed by atoms with Crippen molar-refractivity contribution < 1.29 is 28.4 Å². The number of halogens is 1. The number of hydrogen-bond donors (Lipinski definition) is 4. The molecule has 234 valence electrons. The highest BCUT2D eigenvalue weighted by Crippen LogP contribution is 2.27. The highest BCUT2D eigenvalue weighted by Gasteiger charge is 2.33. The summed E-state index contributed by atoms with van der Waals surface area (Å²) in [6, 6.07) is 12.2. The molecule has 2 fully saturated rings. The maximum atomic E-state index is 13.2. The van der Waals surface area contributed by atoms with Gasteiger partial charge in [-0.05, 0) is 70.2 Å². The van der Waals surface area contributed by atoms with E-state index >= 15 is 0 Å². The van der Waals surface area contributed by atoms with Crippen LogP contribution in [0.3, 0.4) is 0 Å². The molecule has 4 amide bonds. The van der Waals surface area contributed by atoms with E-state index in [1.54, 1.807) is 12.1 Å². The second kappa shape index (κ2) is 14.5. The summed E-state index contributed by atoms with van der Waals surface area (Å²) in [5.41, 5.74) is 4.97. The van der Waals surface area contributed by atoms with Crippen molar-refractivity contribution in [2.75, 3.05) is 30.8 Å². The lowest BCUT2D eigenvalue weighted by Gasteiger charge is -2.37. The monoisotopic (exact) mass is 695 g/mol. The number of carbonyl (C=O) groups excluding carboxylic acids is 3. The zero-order valence-electron chi connectivity index (χ0n) is 24.0. The number of carbonyl (C=O) groups is 3. The van der Waals surface area contributed by atoms with Gasteiger partial charge in [-0.3, -0.25) is 4.79 Å². The molecule has 2 aromatic carbocycles. The van der Waals surface area contributed by atoms with E-state index in [-0.39, 0.29) is 24.2 Å². The van der Waals surface area contributed by atoms with Crippen LogP contribution < -0.4 is 10.0 Å². The molecule has 0 saturated carbocycles. The van der Waals surface area contributed by atoms with Crippen LogP contribution in [0.1, 0.15) is 24.0 Å². The van der Waals surface area contributed by atoms with E-state index in [0.717, 1.165) is 23.9 Å². The zero-order valence-corrected chi connectivity index (χ0v) is 26.5. The second-order valence-electron chi connectivity index (χ2n) is 10.4. The summed E-state index contributed by atoms with van der Waals surface area (Å²) in [7, 11) is -2.62. The Morgan fingerprint density at radius 2 is 1.93 bits per heavy atom. The van der Waals surface area contributed by atoms with Gasteiger partial charge >= 0.3 is 12.1 Å². The van der Waals surface area contributed by atoms with Crippen LogP contribution >= 0.6 is 15.9 Å². The fraction of sp³-hybridized carbons (Fsp3) is 0.333.